The van der Waals surface area contributed by atoms with Gasteiger partial charge in [-0.05, 0) is 42.8 Å². The number of sulfonamides is 2. The van der Waals surface area contributed by atoms with Crippen LogP contribution < -0.4 is 9.03 Å². The summed E-state index contributed by atoms with van der Waals surface area (Å²) in [6, 6.07) is 14.5. The highest BCUT2D eigenvalue weighted by molar-refractivity contribution is 7.92. The summed E-state index contributed by atoms with van der Waals surface area (Å²) in [5, 5.41) is 8.83. The van der Waals surface area contributed by atoms with E-state index in [1.807, 2.05) is 6.07 Å². The van der Waals surface area contributed by atoms with E-state index in [0.29, 0.717) is 16.8 Å². The molecule has 0 spiro atoms. The van der Waals surface area contributed by atoms with Gasteiger partial charge in [0.15, 0.2) is 0 Å². The topological polar surface area (TPSA) is 107 Å². The van der Waals surface area contributed by atoms with Crippen LogP contribution in [0.5, 0.6) is 0 Å². The van der Waals surface area contributed by atoms with E-state index >= 15 is 0 Å². The van der Waals surface area contributed by atoms with E-state index in [2.05, 4.69) is 4.72 Å². The molecule has 0 atom stereocenters. The number of hydrogen-bond acceptors (Lipinski definition) is 5. The van der Waals surface area contributed by atoms with Gasteiger partial charge in [0.1, 0.15) is 0 Å². The van der Waals surface area contributed by atoms with Crippen molar-refractivity contribution in [3.05, 3.63) is 59.7 Å². The van der Waals surface area contributed by atoms with Gasteiger partial charge in [0.05, 0.1) is 28.5 Å². The number of benzene rings is 2. The zero-order valence-corrected chi connectivity index (χ0v) is 16.0. The minimum atomic E-state index is -3.74. The van der Waals surface area contributed by atoms with Crippen molar-refractivity contribution in [1.82, 2.24) is 4.72 Å². The second kappa shape index (κ2) is 7.86. The first kappa shape index (κ1) is 19.9. The van der Waals surface area contributed by atoms with Gasteiger partial charge in [-0.15, -0.1) is 0 Å². The average molecular weight is 393 g/mol. The van der Waals surface area contributed by atoms with E-state index in [1.54, 1.807) is 25.1 Å². The van der Waals surface area contributed by atoms with Gasteiger partial charge >= 0.3 is 0 Å². The standard InChI is InChI=1S/C17H19N3O4S2/c1-14-5-3-4-6-17(14)26(23,24)19-11-12-20(25(2,21)22)16-9-7-15(13-18)8-10-16/h3-10,19H,11-12H2,1-2H3. The lowest BCUT2D eigenvalue weighted by Gasteiger charge is -2.22. The summed E-state index contributed by atoms with van der Waals surface area (Å²) < 4.78 is 52.4. The first-order valence-corrected chi connectivity index (χ1v) is 11.0. The van der Waals surface area contributed by atoms with E-state index in [1.165, 1.54) is 30.3 Å². The monoisotopic (exact) mass is 393 g/mol. The highest BCUT2D eigenvalue weighted by atomic mass is 32.2. The maximum atomic E-state index is 12.4. The largest absolute Gasteiger partial charge is 0.269 e. The molecule has 26 heavy (non-hydrogen) atoms. The molecular weight excluding hydrogens is 374 g/mol. The lowest BCUT2D eigenvalue weighted by Crippen LogP contribution is -2.38. The van der Waals surface area contributed by atoms with Crippen molar-refractivity contribution in [3.63, 3.8) is 0 Å². The Hall–Kier alpha value is -2.41. The molecule has 0 saturated heterocycles. The molecule has 0 unspecified atom stereocenters. The molecule has 0 saturated carbocycles. The minimum absolute atomic E-state index is 0.0736. The molecule has 2 aromatic carbocycles. The molecule has 1 N–H and O–H groups in total. The van der Waals surface area contributed by atoms with E-state index in [9.17, 15) is 16.8 Å². The SMILES string of the molecule is Cc1ccccc1S(=O)(=O)NCCN(c1ccc(C#N)cc1)S(C)(=O)=O. The van der Waals surface area contributed by atoms with Gasteiger partial charge in [0.25, 0.3) is 0 Å². The third-order valence-electron chi connectivity index (χ3n) is 3.67. The summed E-state index contributed by atoms with van der Waals surface area (Å²) in [4.78, 5) is 0.157. The van der Waals surface area contributed by atoms with Crippen LogP contribution in [0.3, 0.4) is 0 Å². The van der Waals surface area contributed by atoms with E-state index in [-0.39, 0.29) is 18.0 Å². The molecule has 138 valence electrons. The van der Waals surface area contributed by atoms with Crippen LogP contribution in [-0.4, -0.2) is 36.2 Å². The van der Waals surface area contributed by atoms with Gasteiger partial charge in [0, 0.05) is 13.1 Å². The lowest BCUT2D eigenvalue weighted by atomic mass is 10.2. The van der Waals surface area contributed by atoms with E-state index in [0.717, 1.165) is 10.6 Å². The Morgan fingerprint density at radius 3 is 2.19 bits per heavy atom. The van der Waals surface area contributed by atoms with Crippen molar-refractivity contribution in [2.24, 2.45) is 0 Å². The molecule has 9 heteroatoms. The normalized spacial score (nSPS) is 11.7. The number of hydrogen-bond donors (Lipinski definition) is 1. The molecule has 0 radical (unpaired) electrons. The van der Waals surface area contributed by atoms with Crippen molar-refractivity contribution in [2.75, 3.05) is 23.7 Å². The first-order valence-electron chi connectivity index (χ1n) is 7.68. The summed E-state index contributed by atoms with van der Waals surface area (Å²) in [5.41, 5.74) is 1.37. The molecule has 7 nitrogen and oxygen atoms in total. The number of nitriles is 1. The fourth-order valence-electron chi connectivity index (χ4n) is 2.41. The predicted molar refractivity (Wildman–Crippen MR) is 99.7 cm³/mol. The Bertz CT molecular complexity index is 1020. The van der Waals surface area contributed by atoms with Crippen molar-refractivity contribution in [3.8, 4) is 6.07 Å². The second-order valence-electron chi connectivity index (χ2n) is 5.66. The third-order valence-corrected chi connectivity index (χ3v) is 6.49. The quantitative estimate of drug-likeness (QED) is 0.769. The Balaban J connectivity index is 2.16. The third kappa shape index (κ3) is 4.82. The van der Waals surface area contributed by atoms with Crippen LogP contribution in [-0.2, 0) is 20.0 Å². The minimum Gasteiger partial charge on any atom is -0.269 e. The van der Waals surface area contributed by atoms with E-state index < -0.39 is 20.0 Å². The zero-order valence-electron chi connectivity index (χ0n) is 14.4. The van der Waals surface area contributed by atoms with Crippen LogP contribution >= 0.6 is 0 Å². The van der Waals surface area contributed by atoms with Crippen LogP contribution in [0.1, 0.15) is 11.1 Å². The van der Waals surface area contributed by atoms with Gasteiger partial charge < -0.3 is 0 Å². The number of nitrogens with one attached hydrogen (secondary N) is 1. The zero-order chi connectivity index (χ0) is 19.4. The maximum Gasteiger partial charge on any atom is 0.240 e. The fourth-order valence-corrected chi connectivity index (χ4v) is 4.60. The Kier molecular flexibility index (Phi) is 6.02. The second-order valence-corrected chi connectivity index (χ2v) is 9.30. The van der Waals surface area contributed by atoms with Crippen LogP contribution in [0.4, 0.5) is 5.69 Å². The van der Waals surface area contributed by atoms with Crippen molar-refractivity contribution in [1.29, 1.82) is 5.26 Å². The molecule has 0 amide bonds. The molecule has 0 aliphatic rings. The summed E-state index contributed by atoms with van der Waals surface area (Å²) in [7, 11) is -7.35. The molecule has 2 rings (SSSR count). The lowest BCUT2D eigenvalue weighted by molar-refractivity contribution is 0.578. The molecule has 0 aliphatic carbocycles. The summed E-state index contributed by atoms with van der Waals surface area (Å²) in [5.74, 6) is 0. The van der Waals surface area contributed by atoms with Gasteiger partial charge in [-0.2, -0.15) is 5.26 Å². The Morgan fingerprint density at radius 2 is 1.65 bits per heavy atom. The number of anilines is 1. The van der Waals surface area contributed by atoms with Crippen LogP contribution in [0, 0.1) is 18.3 Å². The summed E-state index contributed by atoms with van der Waals surface area (Å²) >= 11 is 0. The number of nitrogens with zero attached hydrogens (tertiary/aromatic N) is 2. The molecule has 0 bridgehead atoms. The van der Waals surface area contributed by atoms with Crippen LogP contribution in [0.2, 0.25) is 0 Å². The van der Waals surface area contributed by atoms with Gasteiger partial charge in [-0.25, -0.2) is 21.6 Å². The van der Waals surface area contributed by atoms with Gasteiger partial charge in [-0.3, -0.25) is 4.31 Å². The fraction of sp³-hybridized carbons (Fsp3) is 0.235. The maximum absolute atomic E-state index is 12.4. The van der Waals surface area contributed by atoms with Gasteiger partial charge in [-0.1, -0.05) is 18.2 Å². The highest BCUT2D eigenvalue weighted by Crippen LogP contribution is 2.18. The van der Waals surface area contributed by atoms with Crippen LogP contribution in [0.15, 0.2) is 53.4 Å². The average Bonchev–Trinajstić information content (AvgIpc) is 2.58. The Labute approximate surface area is 154 Å². The van der Waals surface area contributed by atoms with Crippen LogP contribution in [0.25, 0.3) is 0 Å². The smallest absolute Gasteiger partial charge is 0.240 e. The van der Waals surface area contributed by atoms with Crippen molar-refractivity contribution in [2.45, 2.75) is 11.8 Å². The number of rotatable bonds is 7. The molecule has 0 aliphatic heterocycles. The molecule has 0 heterocycles. The van der Waals surface area contributed by atoms with Crippen molar-refractivity contribution < 1.29 is 16.8 Å². The van der Waals surface area contributed by atoms with Gasteiger partial charge in [0.2, 0.25) is 20.0 Å². The summed E-state index contributed by atoms with van der Waals surface area (Å²) in [6.45, 7) is 1.52. The van der Waals surface area contributed by atoms with Crippen molar-refractivity contribution >= 4 is 25.7 Å². The summed E-state index contributed by atoms with van der Waals surface area (Å²) in [6.07, 6.45) is 1.04. The molecule has 0 fully saturated rings. The Morgan fingerprint density at radius 1 is 1.04 bits per heavy atom. The highest BCUT2D eigenvalue weighted by Gasteiger charge is 2.20. The van der Waals surface area contributed by atoms with E-state index in [4.69, 9.17) is 5.26 Å². The predicted octanol–water partition coefficient (Wildman–Crippen LogP) is 1.61. The first-order chi connectivity index (χ1) is 12.1. The molecule has 2 aromatic rings. The molecular formula is C17H19N3O4S2. The number of aryl methyl sites for hydroxylation is 1. The molecule has 0 aromatic heterocycles.